The van der Waals surface area contributed by atoms with E-state index in [0.29, 0.717) is 0 Å². The molecule has 0 heterocycles. The monoisotopic (exact) mass is 192 g/mol. The minimum atomic E-state index is -0.640. The van der Waals surface area contributed by atoms with Crippen molar-refractivity contribution in [2.45, 2.75) is 19.1 Å². The quantitative estimate of drug-likeness (QED) is 0.742. The fraction of sp³-hybridized carbons (Fsp3) is 0.333. The van der Waals surface area contributed by atoms with Crippen molar-refractivity contribution in [3.63, 3.8) is 0 Å². The highest BCUT2D eigenvalue weighted by atomic mass is 16.5. The van der Waals surface area contributed by atoms with Gasteiger partial charge in [-0.3, -0.25) is 0 Å². The van der Waals surface area contributed by atoms with Gasteiger partial charge in [0, 0.05) is 7.11 Å². The summed E-state index contributed by atoms with van der Waals surface area (Å²) in [4.78, 5) is 0. The Morgan fingerprint density at radius 1 is 1.36 bits per heavy atom. The fourth-order valence-electron chi connectivity index (χ4n) is 1.42. The van der Waals surface area contributed by atoms with E-state index in [1.807, 2.05) is 37.3 Å². The molecular weight excluding hydrogens is 176 g/mol. The zero-order valence-corrected chi connectivity index (χ0v) is 8.60. The lowest BCUT2D eigenvalue weighted by molar-refractivity contribution is 0.00951. The highest BCUT2D eigenvalue weighted by molar-refractivity contribution is 5.21. The first-order chi connectivity index (χ1) is 6.66. The molecule has 0 aliphatic carbocycles. The summed E-state index contributed by atoms with van der Waals surface area (Å²) in [6, 6.07) is 9.45. The second kappa shape index (κ2) is 4.94. The van der Waals surface area contributed by atoms with Crippen LogP contribution in [0, 0.1) is 0 Å². The number of methoxy groups -OCH3 is 1. The fourth-order valence-corrected chi connectivity index (χ4v) is 1.42. The van der Waals surface area contributed by atoms with Gasteiger partial charge in [-0.25, -0.2) is 0 Å². The number of hydrogen-bond donors (Lipinski definition) is 1. The SMILES string of the molecule is C=C(C)[C@@H](OC)[C@@H](O)c1ccccc1. The van der Waals surface area contributed by atoms with Crippen LogP contribution >= 0.6 is 0 Å². The third kappa shape index (κ3) is 2.44. The molecule has 0 aliphatic rings. The maximum absolute atomic E-state index is 9.96. The maximum atomic E-state index is 9.96. The molecular formula is C12H16O2. The first kappa shape index (κ1) is 11.0. The van der Waals surface area contributed by atoms with Crippen molar-refractivity contribution in [2.75, 3.05) is 7.11 Å². The normalized spacial score (nSPS) is 14.8. The van der Waals surface area contributed by atoms with Crippen LogP contribution in [0.2, 0.25) is 0 Å². The number of hydrogen-bond acceptors (Lipinski definition) is 2. The summed E-state index contributed by atoms with van der Waals surface area (Å²) in [7, 11) is 1.57. The number of benzene rings is 1. The molecule has 0 fully saturated rings. The minimum Gasteiger partial charge on any atom is -0.385 e. The molecule has 0 amide bonds. The zero-order valence-electron chi connectivity index (χ0n) is 8.60. The van der Waals surface area contributed by atoms with Crippen molar-refractivity contribution in [1.82, 2.24) is 0 Å². The summed E-state index contributed by atoms with van der Waals surface area (Å²) in [5, 5.41) is 9.96. The standard InChI is InChI=1S/C12H16O2/c1-9(2)12(14-3)11(13)10-7-5-4-6-8-10/h4-8,11-13H,1H2,2-3H3/t11-,12+/m0/s1. The molecule has 0 saturated heterocycles. The van der Waals surface area contributed by atoms with E-state index in [1.54, 1.807) is 7.11 Å². The van der Waals surface area contributed by atoms with Crippen LogP contribution < -0.4 is 0 Å². The summed E-state index contributed by atoms with van der Waals surface area (Å²) in [5.74, 6) is 0. The van der Waals surface area contributed by atoms with E-state index < -0.39 is 6.10 Å². The molecule has 0 saturated carbocycles. The molecule has 2 atom stereocenters. The van der Waals surface area contributed by atoms with Gasteiger partial charge >= 0.3 is 0 Å². The van der Waals surface area contributed by atoms with Crippen LogP contribution in [0.1, 0.15) is 18.6 Å². The smallest absolute Gasteiger partial charge is 0.109 e. The molecule has 0 radical (unpaired) electrons. The molecule has 0 bridgehead atoms. The van der Waals surface area contributed by atoms with Gasteiger partial charge in [-0.15, -0.1) is 0 Å². The first-order valence-electron chi connectivity index (χ1n) is 4.58. The van der Waals surface area contributed by atoms with Crippen LogP contribution in [0.5, 0.6) is 0 Å². The minimum absolute atomic E-state index is 0.336. The van der Waals surface area contributed by atoms with E-state index in [1.165, 1.54) is 0 Å². The number of aliphatic hydroxyl groups excluding tert-OH is 1. The summed E-state index contributed by atoms with van der Waals surface area (Å²) in [5.41, 5.74) is 1.67. The molecule has 2 nitrogen and oxygen atoms in total. The molecule has 2 heteroatoms. The summed E-state index contributed by atoms with van der Waals surface area (Å²) in [6.45, 7) is 5.64. The van der Waals surface area contributed by atoms with Crippen LogP contribution in [0.3, 0.4) is 0 Å². The molecule has 1 aromatic rings. The molecule has 0 spiro atoms. The lowest BCUT2D eigenvalue weighted by Gasteiger charge is -2.21. The Kier molecular flexibility index (Phi) is 3.86. The van der Waals surface area contributed by atoms with E-state index in [4.69, 9.17) is 4.74 Å². The Morgan fingerprint density at radius 2 is 1.93 bits per heavy atom. The van der Waals surface area contributed by atoms with Crippen LogP contribution in [-0.4, -0.2) is 18.3 Å². The lowest BCUT2D eigenvalue weighted by Crippen LogP contribution is -2.21. The van der Waals surface area contributed by atoms with Gasteiger partial charge in [-0.05, 0) is 18.1 Å². The average Bonchev–Trinajstić information content (AvgIpc) is 2.19. The van der Waals surface area contributed by atoms with E-state index in [0.717, 1.165) is 11.1 Å². The van der Waals surface area contributed by atoms with Gasteiger partial charge in [0.15, 0.2) is 0 Å². The van der Waals surface area contributed by atoms with E-state index in [2.05, 4.69) is 6.58 Å². The molecule has 0 unspecified atom stereocenters. The number of aliphatic hydroxyl groups is 1. The first-order valence-corrected chi connectivity index (χ1v) is 4.58. The van der Waals surface area contributed by atoms with E-state index in [9.17, 15) is 5.11 Å². The largest absolute Gasteiger partial charge is 0.385 e. The number of rotatable bonds is 4. The third-order valence-electron chi connectivity index (χ3n) is 2.17. The van der Waals surface area contributed by atoms with Crippen LogP contribution in [0.15, 0.2) is 42.5 Å². The third-order valence-corrected chi connectivity index (χ3v) is 2.17. The van der Waals surface area contributed by atoms with Crippen LogP contribution in [0.4, 0.5) is 0 Å². The van der Waals surface area contributed by atoms with Gasteiger partial charge in [0.1, 0.15) is 12.2 Å². The molecule has 1 rings (SSSR count). The number of ether oxygens (including phenoxy) is 1. The van der Waals surface area contributed by atoms with Crippen molar-refractivity contribution in [2.24, 2.45) is 0 Å². The summed E-state index contributed by atoms with van der Waals surface area (Å²) < 4.78 is 5.18. The Hall–Kier alpha value is -1.12. The molecule has 76 valence electrons. The molecule has 1 N–H and O–H groups in total. The highest BCUT2D eigenvalue weighted by Crippen LogP contribution is 2.22. The molecule has 1 aromatic carbocycles. The van der Waals surface area contributed by atoms with Gasteiger partial charge < -0.3 is 9.84 Å². The summed E-state index contributed by atoms with van der Waals surface area (Å²) >= 11 is 0. The van der Waals surface area contributed by atoms with Gasteiger partial charge in [0.05, 0.1) is 0 Å². The van der Waals surface area contributed by atoms with Crippen molar-refractivity contribution in [1.29, 1.82) is 0 Å². The topological polar surface area (TPSA) is 29.5 Å². The molecule has 14 heavy (non-hydrogen) atoms. The Labute approximate surface area is 84.8 Å². The van der Waals surface area contributed by atoms with Gasteiger partial charge in [-0.2, -0.15) is 0 Å². The van der Waals surface area contributed by atoms with Crippen LogP contribution in [-0.2, 0) is 4.74 Å². The lowest BCUT2D eigenvalue weighted by atomic mass is 10.0. The predicted octanol–water partition coefficient (Wildman–Crippen LogP) is 2.31. The van der Waals surface area contributed by atoms with Crippen molar-refractivity contribution < 1.29 is 9.84 Å². The van der Waals surface area contributed by atoms with Gasteiger partial charge in [-0.1, -0.05) is 36.9 Å². The van der Waals surface area contributed by atoms with Crippen LogP contribution in [0.25, 0.3) is 0 Å². The maximum Gasteiger partial charge on any atom is 0.109 e. The van der Waals surface area contributed by atoms with Crippen molar-refractivity contribution in [3.05, 3.63) is 48.0 Å². The summed E-state index contributed by atoms with van der Waals surface area (Å²) in [6.07, 6.45) is -0.976. The van der Waals surface area contributed by atoms with E-state index in [-0.39, 0.29) is 6.10 Å². The highest BCUT2D eigenvalue weighted by Gasteiger charge is 2.20. The predicted molar refractivity (Wildman–Crippen MR) is 57.0 cm³/mol. The van der Waals surface area contributed by atoms with Gasteiger partial charge in [0.25, 0.3) is 0 Å². The van der Waals surface area contributed by atoms with E-state index >= 15 is 0 Å². The Morgan fingerprint density at radius 3 is 2.36 bits per heavy atom. The molecule has 0 aromatic heterocycles. The Bertz CT molecular complexity index is 292. The van der Waals surface area contributed by atoms with Gasteiger partial charge in [0.2, 0.25) is 0 Å². The van der Waals surface area contributed by atoms with Crippen molar-refractivity contribution in [3.8, 4) is 0 Å². The Balaban J connectivity index is 2.83. The second-order valence-electron chi connectivity index (χ2n) is 3.36. The molecule has 0 aliphatic heterocycles. The average molecular weight is 192 g/mol. The second-order valence-corrected chi connectivity index (χ2v) is 3.36. The van der Waals surface area contributed by atoms with Crippen molar-refractivity contribution >= 4 is 0 Å². The zero-order chi connectivity index (χ0) is 10.6.